The second-order valence-electron chi connectivity index (χ2n) is 4.45. The summed E-state index contributed by atoms with van der Waals surface area (Å²) in [6.07, 6.45) is 0. The van der Waals surface area contributed by atoms with Gasteiger partial charge in [0, 0.05) is 0 Å². The fourth-order valence-electron chi connectivity index (χ4n) is 2.07. The average molecular weight is 339 g/mol. The van der Waals surface area contributed by atoms with E-state index >= 15 is 0 Å². The van der Waals surface area contributed by atoms with Gasteiger partial charge in [-0.15, -0.1) is 0 Å². The first-order chi connectivity index (χ1) is 10.5. The van der Waals surface area contributed by atoms with Gasteiger partial charge in [-0.3, -0.25) is 4.79 Å². The summed E-state index contributed by atoms with van der Waals surface area (Å²) in [6.45, 7) is 0. The number of benzene rings is 2. The third-order valence-electron chi connectivity index (χ3n) is 3.07. The minimum atomic E-state index is -1.60. The van der Waals surface area contributed by atoms with Gasteiger partial charge in [0.05, 0.1) is 10.8 Å². The van der Waals surface area contributed by atoms with Crippen molar-refractivity contribution in [3.8, 4) is 5.75 Å². The Labute approximate surface area is 133 Å². The molecule has 3 aromatic rings. The first kappa shape index (κ1) is 14.7. The highest BCUT2D eigenvalue weighted by Crippen LogP contribution is 2.34. The first-order valence-electron chi connectivity index (χ1n) is 6.16. The number of hydrogen-bond acceptors (Lipinski definition) is 4. The Hall–Kier alpha value is -2.24. The molecule has 2 aromatic carbocycles. The summed E-state index contributed by atoms with van der Waals surface area (Å²) in [5.74, 6) is -1.33. The maximum absolute atomic E-state index is 12.4. The van der Waals surface area contributed by atoms with Crippen LogP contribution in [0.1, 0.15) is 0 Å². The van der Waals surface area contributed by atoms with Gasteiger partial charge in [-0.25, -0.2) is 4.79 Å². The number of hydrogen-bond donors (Lipinski definition) is 1. The molecule has 0 amide bonds. The normalized spacial score (nSPS) is 12.5. The van der Waals surface area contributed by atoms with Crippen molar-refractivity contribution in [2.24, 2.45) is 0 Å². The van der Waals surface area contributed by atoms with Crippen LogP contribution in [0.3, 0.4) is 0 Å². The van der Waals surface area contributed by atoms with Crippen LogP contribution in [-0.2, 0) is 4.79 Å². The summed E-state index contributed by atoms with van der Waals surface area (Å²) in [4.78, 5) is 23.1. The van der Waals surface area contributed by atoms with E-state index in [0.29, 0.717) is 11.0 Å². The molecule has 5 nitrogen and oxygen atoms in total. The maximum atomic E-state index is 12.4. The molecule has 7 heteroatoms. The lowest BCUT2D eigenvalue weighted by molar-refractivity contribution is -0.141. The van der Waals surface area contributed by atoms with Crippen molar-refractivity contribution in [2.45, 2.75) is 5.56 Å². The number of ether oxygens (including phenoxy) is 1. The van der Waals surface area contributed by atoms with E-state index in [9.17, 15) is 9.59 Å². The van der Waals surface area contributed by atoms with E-state index in [2.05, 4.69) is 0 Å². The smallest absolute Gasteiger partial charge is 0.360 e. The molecular formula is C15H8Cl2O5. The summed E-state index contributed by atoms with van der Waals surface area (Å²) in [6, 6.07) is 9.59. The van der Waals surface area contributed by atoms with Crippen LogP contribution in [0, 0.1) is 0 Å². The lowest BCUT2D eigenvalue weighted by atomic mass is 10.1. The Bertz CT molecular complexity index is 948. The number of carboxylic acids is 1. The van der Waals surface area contributed by atoms with Crippen LogP contribution in [0.4, 0.5) is 0 Å². The van der Waals surface area contributed by atoms with E-state index < -0.39 is 11.5 Å². The lowest BCUT2D eigenvalue weighted by Gasteiger charge is -2.11. The quantitative estimate of drug-likeness (QED) is 0.582. The van der Waals surface area contributed by atoms with E-state index in [-0.39, 0.29) is 27.2 Å². The molecule has 22 heavy (non-hydrogen) atoms. The molecule has 0 spiro atoms. The molecule has 0 fully saturated rings. The molecule has 1 heterocycles. The number of carbonyl (C=O) groups is 1. The molecule has 0 aliphatic carbocycles. The van der Waals surface area contributed by atoms with Crippen molar-refractivity contribution < 1.29 is 19.1 Å². The standard InChI is InChI=1S/C15H8Cl2O5/c16-11-10(22-14(17)15(19)20)6-5-8-12(18)7-3-1-2-4-9(7)21-13(8)11/h1-6,14H,(H,19,20). The van der Waals surface area contributed by atoms with E-state index in [0.717, 1.165) is 0 Å². The monoisotopic (exact) mass is 338 g/mol. The summed E-state index contributed by atoms with van der Waals surface area (Å²) >= 11 is 11.7. The van der Waals surface area contributed by atoms with E-state index in [4.69, 9.17) is 37.5 Å². The highest BCUT2D eigenvalue weighted by Gasteiger charge is 2.20. The Morgan fingerprint density at radius 1 is 1.18 bits per heavy atom. The van der Waals surface area contributed by atoms with Crippen LogP contribution < -0.4 is 10.2 Å². The Kier molecular flexibility index (Phi) is 3.68. The van der Waals surface area contributed by atoms with Crippen LogP contribution >= 0.6 is 23.2 Å². The molecule has 112 valence electrons. The molecular weight excluding hydrogens is 331 g/mol. The predicted molar refractivity (Wildman–Crippen MR) is 82.9 cm³/mol. The van der Waals surface area contributed by atoms with Crippen LogP contribution in [0.5, 0.6) is 5.75 Å². The molecule has 1 aromatic heterocycles. The fraction of sp³-hybridized carbons (Fsp3) is 0.0667. The van der Waals surface area contributed by atoms with Gasteiger partial charge < -0.3 is 14.3 Å². The van der Waals surface area contributed by atoms with Crippen LogP contribution in [0.2, 0.25) is 5.02 Å². The highest BCUT2D eigenvalue weighted by atomic mass is 35.5. The van der Waals surface area contributed by atoms with Crippen LogP contribution in [0.25, 0.3) is 21.9 Å². The van der Waals surface area contributed by atoms with Crippen molar-refractivity contribution >= 4 is 51.1 Å². The molecule has 0 bridgehead atoms. The largest absolute Gasteiger partial charge is 0.478 e. The Morgan fingerprint density at radius 2 is 1.91 bits per heavy atom. The fourth-order valence-corrected chi connectivity index (χ4v) is 2.41. The molecule has 1 atom stereocenters. The summed E-state index contributed by atoms with van der Waals surface area (Å²) < 4.78 is 10.7. The second kappa shape index (κ2) is 5.51. The summed E-state index contributed by atoms with van der Waals surface area (Å²) in [5, 5.41) is 9.46. The first-order valence-corrected chi connectivity index (χ1v) is 6.98. The number of rotatable bonds is 3. The third-order valence-corrected chi connectivity index (χ3v) is 3.71. The van der Waals surface area contributed by atoms with Crippen molar-refractivity contribution in [2.75, 3.05) is 0 Å². The molecule has 0 aliphatic heterocycles. The number of fused-ring (bicyclic) bond motifs is 2. The van der Waals surface area contributed by atoms with E-state index in [1.807, 2.05) is 0 Å². The zero-order chi connectivity index (χ0) is 15.9. The maximum Gasteiger partial charge on any atom is 0.360 e. The van der Waals surface area contributed by atoms with Gasteiger partial charge in [-0.2, -0.15) is 0 Å². The van der Waals surface area contributed by atoms with Crippen LogP contribution in [-0.4, -0.2) is 16.6 Å². The Morgan fingerprint density at radius 3 is 2.64 bits per heavy atom. The van der Waals surface area contributed by atoms with Crippen LogP contribution in [0.15, 0.2) is 45.6 Å². The zero-order valence-corrected chi connectivity index (χ0v) is 12.4. The van der Waals surface area contributed by atoms with Gasteiger partial charge >= 0.3 is 5.97 Å². The second-order valence-corrected chi connectivity index (χ2v) is 5.23. The highest BCUT2D eigenvalue weighted by molar-refractivity contribution is 6.36. The average Bonchev–Trinajstić information content (AvgIpc) is 2.50. The number of carboxylic acid groups (broad SMARTS) is 1. The molecule has 3 rings (SSSR count). The predicted octanol–water partition coefficient (Wildman–Crippen LogP) is 3.63. The van der Waals surface area contributed by atoms with Crippen molar-refractivity contribution in [3.05, 3.63) is 51.6 Å². The van der Waals surface area contributed by atoms with Crippen molar-refractivity contribution in [1.29, 1.82) is 0 Å². The number of halogens is 2. The number of aliphatic carboxylic acids is 1. The van der Waals surface area contributed by atoms with Crippen molar-refractivity contribution in [1.82, 2.24) is 0 Å². The molecule has 0 radical (unpaired) electrons. The lowest BCUT2D eigenvalue weighted by Crippen LogP contribution is -2.20. The van der Waals surface area contributed by atoms with Gasteiger partial charge in [0.15, 0.2) is 5.58 Å². The molecule has 1 N–H and O–H groups in total. The molecule has 0 aliphatic rings. The third kappa shape index (κ3) is 2.38. The Balaban J connectivity index is 2.25. The van der Waals surface area contributed by atoms with Gasteiger partial charge in [0.2, 0.25) is 5.43 Å². The van der Waals surface area contributed by atoms with Gasteiger partial charge in [0.1, 0.15) is 16.4 Å². The van der Waals surface area contributed by atoms with Gasteiger partial charge in [-0.05, 0) is 24.3 Å². The number of para-hydroxylation sites is 1. The zero-order valence-electron chi connectivity index (χ0n) is 10.9. The summed E-state index contributed by atoms with van der Waals surface area (Å²) in [5.41, 5.74) is -1.33. The van der Waals surface area contributed by atoms with E-state index in [1.165, 1.54) is 12.1 Å². The SMILES string of the molecule is O=C(O)C(Cl)Oc1ccc2c(=O)c3ccccc3oc2c1Cl. The summed E-state index contributed by atoms with van der Waals surface area (Å²) in [7, 11) is 0. The molecule has 0 saturated heterocycles. The number of alkyl halides is 1. The van der Waals surface area contributed by atoms with Gasteiger partial charge in [-0.1, -0.05) is 35.3 Å². The topological polar surface area (TPSA) is 76.7 Å². The molecule has 0 saturated carbocycles. The van der Waals surface area contributed by atoms with Gasteiger partial charge in [0.25, 0.3) is 5.56 Å². The molecule has 1 unspecified atom stereocenters. The minimum Gasteiger partial charge on any atom is -0.478 e. The van der Waals surface area contributed by atoms with Crippen molar-refractivity contribution in [3.63, 3.8) is 0 Å². The van der Waals surface area contributed by atoms with E-state index in [1.54, 1.807) is 24.3 Å². The minimum absolute atomic E-state index is 0.00717.